The third-order valence-corrected chi connectivity index (χ3v) is 3.99. The van der Waals surface area contributed by atoms with Gasteiger partial charge in [0, 0.05) is 18.4 Å². The van der Waals surface area contributed by atoms with Crippen molar-refractivity contribution in [3.05, 3.63) is 71.7 Å². The van der Waals surface area contributed by atoms with Gasteiger partial charge in [-0.3, -0.25) is 4.98 Å². The lowest BCUT2D eigenvalue weighted by Gasteiger charge is -2.10. The molecule has 110 valence electrons. The average molecular weight is 309 g/mol. The molecule has 2 aromatic heterocycles. The van der Waals surface area contributed by atoms with Gasteiger partial charge in [-0.2, -0.15) is 0 Å². The molecular formula is C17H15N3OS. The highest BCUT2D eigenvalue weighted by atomic mass is 32.1. The van der Waals surface area contributed by atoms with Gasteiger partial charge < -0.3 is 10.6 Å². The number of carbonyl (C=O) groups is 1. The Morgan fingerprint density at radius 2 is 1.91 bits per heavy atom. The number of carbonyl (C=O) groups excluding carboxylic acids is 1. The molecule has 3 aromatic rings. The van der Waals surface area contributed by atoms with E-state index < -0.39 is 0 Å². The summed E-state index contributed by atoms with van der Waals surface area (Å²) in [5.41, 5.74) is 2.68. The number of para-hydroxylation sites is 1. The molecule has 0 saturated heterocycles. The number of urea groups is 1. The van der Waals surface area contributed by atoms with Gasteiger partial charge >= 0.3 is 6.03 Å². The van der Waals surface area contributed by atoms with Crippen LogP contribution >= 0.6 is 11.3 Å². The Morgan fingerprint density at radius 1 is 1.05 bits per heavy atom. The number of pyridine rings is 1. The van der Waals surface area contributed by atoms with Gasteiger partial charge in [-0.15, -0.1) is 11.3 Å². The highest BCUT2D eigenvalue weighted by Gasteiger charge is 2.08. The topological polar surface area (TPSA) is 54.0 Å². The molecule has 0 unspecified atom stereocenters. The van der Waals surface area contributed by atoms with Gasteiger partial charge in [0.1, 0.15) is 0 Å². The predicted molar refractivity (Wildman–Crippen MR) is 89.9 cm³/mol. The fourth-order valence-corrected chi connectivity index (χ4v) is 2.85. The van der Waals surface area contributed by atoms with Crippen molar-refractivity contribution in [2.75, 3.05) is 5.32 Å². The number of nitrogens with one attached hydrogen (secondary N) is 2. The largest absolute Gasteiger partial charge is 0.334 e. The number of anilines is 1. The average Bonchev–Trinajstić information content (AvgIpc) is 3.08. The minimum atomic E-state index is -0.229. The van der Waals surface area contributed by atoms with E-state index in [1.54, 1.807) is 17.5 Å². The van der Waals surface area contributed by atoms with Gasteiger partial charge in [-0.1, -0.05) is 30.3 Å². The van der Waals surface area contributed by atoms with E-state index in [1.807, 2.05) is 60.0 Å². The maximum Gasteiger partial charge on any atom is 0.319 e. The van der Waals surface area contributed by atoms with E-state index >= 15 is 0 Å². The second-order valence-corrected chi connectivity index (χ2v) is 5.61. The van der Waals surface area contributed by atoms with Crippen LogP contribution in [-0.4, -0.2) is 11.0 Å². The standard InChI is InChI=1S/C17H15N3OS/c21-17(20-14-7-2-1-3-8-14)19-12-13-6-4-10-18-16(13)15-9-5-11-22-15/h1-11H,12H2,(H2,19,20,21). The molecule has 0 saturated carbocycles. The number of hydrogen-bond acceptors (Lipinski definition) is 3. The number of aromatic nitrogens is 1. The van der Waals surface area contributed by atoms with Crippen LogP contribution in [0.25, 0.3) is 10.6 Å². The maximum atomic E-state index is 11.9. The highest BCUT2D eigenvalue weighted by Crippen LogP contribution is 2.25. The predicted octanol–water partition coefficient (Wildman–Crippen LogP) is 4.13. The van der Waals surface area contributed by atoms with Gasteiger partial charge in [0.05, 0.1) is 10.6 Å². The summed E-state index contributed by atoms with van der Waals surface area (Å²) in [5, 5.41) is 7.68. The number of nitrogens with zero attached hydrogens (tertiary/aromatic N) is 1. The first-order valence-electron chi connectivity index (χ1n) is 6.90. The molecule has 5 heteroatoms. The van der Waals surface area contributed by atoms with Gasteiger partial charge in [-0.25, -0.2) is 4.79 Å². The van der Waals surface area contributed by atoms with Gasteiger partial charge in [0.25, 0.3) is 0 Å². The van der Waals surface area contributed by atoms with Crippen molar-refractivity contribution in [3.8, 4) is 10.6 Å². The summed E-state index contributed by atoms with van der Waals surface area (Å²) in [6.45, 7) is 0.430. The molecule has 22 heavy (non-hydrogen) atoms. The van der Waals surface area contributed by atoms with E-state index in [4.69, 9.17) is 0 Å². The second-order valence-electron chi connectivity index (χ2n) is 4.66. The molecule has 2 N–H and O–H groups in total. The summed E-state index contributed by atoms with van der Waals surface area (Å²) < 4.78 is 0. The normalized spacial score (nSPS) is 10.2. The van der Waals surface area contributed by atoms with Crippen molar-refractivity contribution < 1.29 is 4.79 Å². The molecule has 0 fully saturated rings. The molecule has 0 aliphatic carbocycles. The molecule has 1 aromatic carbocycles. The Balaban J connectivity index is 1.66. The minimum Gasteiger partial charge on any atom is -0.334 e. The van der Waals surface area contributed by atoms with Crippen LogP contribution in [0.1, 0.15) is 5.56 Å². The number of thiophene rings is 1. The monoisotopic (exact) mass is 309 g/mol. The summed E-state index contributed by atoms with van der Waals surface area (Å²) in [7, 11) is 0. The summed E-state index contributed by atoms with van der Waals surface area (Å²) in [6.07, 6.45) is 1.77. The third-order valence-electron chi connectivity index (χ3n) is 3.12. The number of rotatable bonds is 4. The zero-order valence-corrected chi connectivity index (χ0v) is 12.6. The number of hydrogen-bond donors (Lipinski definition) is 2. The van der Waals surface area contributed by atoms with Crippen molar-refractivity contribution in [1.82, 2.24) is 10.3 Å². The molecule has 0 spiro atoms. The van der Waals surface area contributed by atoms with E-state index in [1.165, 1.54) is 0 Å². The first kappa shape index (κ1) is 14.3. The Labute approximate surface area is 132 Å². The zero-order valence-electron chi connectivity index (χ0n) is 11.8. The van der Waals surface area contributed by atoms with Crippen LogP contribution in [0.3, 0.4) is 0 Å². The Morgan fingerprint density at radius 3 is 2.68 bits per heavy atom. The highest BCUT2D eigenvalue weighted by molar-refractivity contribution is 7.13. The summed E-state index contributed by atoms with van der Waals surface area (Å²) >= 11 is 1.64. The van der Waals surface area contributed by atoms with Crippen LogP contribution in [0.4, 0.5) is 10.5 Å². The molecule has 3 rings (SSSR count). The SMILES string of the molecule is O=C(NCc1cccnc1-c1cccs1)Nc1ccccc1. The van der Waals surface area contributed by atoms with E-state index in [9.17, 15) is 4.79 Å². The smallest absolute Gasteiger partial charge is 0.319 e. The van der Waals surface area contributed by atoms with Crippen molar-refractivity contribution in [1.29, 1.82) is 0 Å². The molecular weight excluding hydrogens is 294 g/mol. The molecule has 0 radical (unpaired) electrons. The van der Waals surface area contributed by atoms with Crippen LogP contribution in [0.2, 0.25) is 0 Å². The van der Waals surface area contributed by atoms with Crippen LogP contribution in [0.5, 0.6) is 0 Å². The van der Waals surface area contributed by atoms with E-state index in [0.29, 0.717) is 6.54 Å². The van der Waals surface area contributed by atoms with Crippen molar-refractivity contribution in [2.24, 2.45) is 0 Å². The Hall–Kier alpha value is -2.66. The maximum absolute atomic E-state index is 11.9. The van der Waals surface area contributed by atoms with Gasteiger partial charge in [0.15, 0.2) is 0 Å². The first-order chi connectivity index (χ1) is 10.8. The molecule has 0 aliphatic rings. The van der Waals surface area contributed by atoms with Crippen LogP contribution < -0.4 is 10.6 Å². The summed E-state index contributed by atoms with van der Waals surface area (Å²) in [5.74, 6) is 0. The lowest BCUT2D eigenvalue weighted by atomic mass is 10.1. The fraction of sp³-hybridized carbons (Fsp3) is 0.0588. The molecule has 2 heterocycles. The van der Waals surface area contributed by atoms with Crippen LogP contribution in [0, 0.1) is 0 Å². The third kappa shape index (κ3) is 3.51. The summed E-state index contributed by atoms with van der Waals surface area (Å²) in [6, 6.07) is 17.0. The quantitative estimate of drug-likeness (QED) is 0.761. The molecule has 4 nitrogen and oxygen atoms in total. The number of benzene rings is 1. The lowest BCUT2D eigenvalue weighted by molar-refractivity contribution is 0.252. The molecule has 0 atom stereocenters. The Kier molecular flexibility index (Phi) is 4.46. The van der Waals surface area contributed by atoms with E-state index in [2.05, 4.69) is 15.6 Å². The second kappa shape index (κ2) is 6.87. The van der Waals surface area contributed by atoms with Crippen molar-refractivity contribution in [2.45, 2.75) is 6.54 Å². The van der Waals surface area contributed by atoms with Crippen molar-refractivity contribution in [3.63, 3.8) is 0 Å². The molecule has 0 aliphatic heterocycles. The van der Waals surface area contributed by atoms with E-state index in [0.717, 1.165) is 21.8 Å². The first-order valence-corrected chi connectivity index (χ1v) is 7.78. The molecule has 2 amide bonds. The lowest BCUT2D eigenvalue weighted by Crippen LogP contribution is -2.28. The van der Waals surface area contributed by atoms with Gasteiger partial charge in [0.2, 0.25) is 0 Å². The minimum absolute atomic E-state index is 0.229. The van der Waals surface area contributed by atoms with Crippen LogP contribution in [-0.2, 0) is 6.54 Å². The number of amides is 2. The van der Waals surface area contributed by atoms with E-state index in [-0.39, 0.29) is 6.03 Å². The Bertz CT molecular complexity index is 742. The molecule has 0 bridgehead atoms. The van der Waals surface area contributed by atoms with Crippen molar-refractivity contribution >= 4 is 23.1 Å². The van der Waals surface area contributed by atoms with Gasteiger partial charge in [-0.05, 0) is 35.2 Å². The zero-order chi connectivity index (χ0) is 15.2. The fourth-order valence-electron chi connectivity index (χ4n) is 2.09. The summed E-state index contributed by atoms with van der Waals surface area (Å²) in [4.78, 5) is 17.5. The van der Waals surface area contributed by atoms with Crippen LogP contribution in [0.15, 0.2) is 66.2 Å².